The van der Waals surface area contributed by atoms with Gasteiger partial charge in [0.05, 0.1) is 28.3 Å². The lowest BCUT2D eigenvalue weighted by atomic mass is 9.95. The van der Waals surface area contributed by atoms with E-state index in [0.29, 0.717) is 5.01 Å². The van der Waals surface area contributed by atoms with Crippen molar-refractivity contribution in [2.24, 2.45) is 5.29 Å². The first-order chi connectivity index (χ1) is 18.0. The number of rotatable bonds is 9. The van der Waals surface area contributed by atoms with Crippen LogP contribution in [0.2, 0.25) is 0 Å². The summed E-state index contributed by atoms with van der Waals surface area (Å²) in [6, 6.07) is 5.45. The minimum absolute atomic E-state index is 0.168. The average molecular weight is 551 g/mol. The predicted molar refractivity (Wildman–Crippen MR) is 129 cm³/mol. The molecule has 38 heavy (non-hydrogen) atoms. The van der Waals surface area contributed by atoms with Gasteiger partial charge in [-0.1, -0.05) is 24.3 Å². The Morgan fingerprint density at radius 2 is 1.26 bits per heavy atom. The first-order valence-electron chi connectivity index (χ1n) is 11.2. The minimum atomic E-state index is -4.94. The fourth-order valence-corrected chi connectivity index (χ4v) is 6.61. The molecule has 15 nitrogen and oxygen atoms in total. The van der Waals surface area contributed by atoms with E-state index in [1.54, 1.807) is 0 Å². The third-order valence-corrected chi connectivity index (χ3v) is 8.14. The maximum atomic E-state index is 14.0. The molecule has 3 rings (SSSR count). The second kappa shape index (κ2) is 11.3. The van der Waals surface area contributed by atoms with Gasteiger partial charge in [-0.05, 0) is 25.0 Å². The Labute approximate surface area is 215 Å². The van der Waals surface area contributed by atoms with Crippen LogP contribution in [-0.4, -0.2) is 58.9 Å². The molecule has 4 atom stereocenters. The molecule has 202 valence electrons. The summed E-state index contributed by atoms with van der Waals surface area (Å²) >= 11 is 0. The number of hydrogen-bond acceptors (Lipinski definition) is 12. The predicted octanol–water partition coefficient (Wildman–Crippen LogP) is 2.56. The van der Waals surface area contributed by atoms with Crippen LogP contribution < -0.4 is 0 Å². The fraction of sp³-hybridized carbons (Fsp3) is 0.364. The number of benzene rings is 2. The molecule has 1 heterocycles. The van der Waals surface area contributed by atoms with Crippen LogP contribution in [0, 0.1) is 25.1 Å². The zero-order chi connectivity index (χ0) is 28.2. The molecule has 0 radical (unpaired) electrons. The number of nitro benzene ring substituents is 2. The number of carbonyl (C=O) groups excluding carboxylic acids is 2. The van der Waals surface area contributed by atoms with Crippen LogP contribution in [0.15, 0.2) is 53.8 Å². The van der Waals surface area contributed by atoms with Gasteiger partial charge in [-0.15, -0.1) is 4.91 Å². The van der Waals surface area contributed by atoms with E-state index < -0.39 is 65.6 Å². The monoisotopic (exact) mass is 550 g/mol. The minimum Gasteiger partial charge on any atom is -0.465 e. The van der Waals surface area contributed by atoms with Crippen LogP contribution >= 0.6 is 0 Å². The molecule has 1 saturated heterocycles. The lowest BCUT2D eigenvalue weighted by Gasteiger charge is -2.44. The topological polar surface area (TPSA) is 206 Å². The van der Waals surface area contributed by atoms with Crippen molar-refractivity contribution < 1.29 is 37.3 Å². The van der Waals surface area contributed by atoms with Gasteiger partial charge >= 0.3 is 11.9 Å². The summed E-state index contributed by atoms with van der Waals surface area (Å²) in [4.78, 5) is 59.7. The Kier molecular flexibility index (Phi) is 8.35. The van der Waals surface area contributed by atoms with E-state index in [9.17, 15) is 43.1 Å². The SMILES string of the molecule is CCOC(=O)C1C(c2cccc([N+](=O)[O-])c2)N(N=O)C(c2cccc([N+](=O)[O-])c2)C(C(=O)OCC)S1(=O)=O. The van der Waals surface area contributed by atoms with Crippen LogP contribution in [0.1, 0.15) is 37.1 Å². The summed E-state index contributed by atoms with van der Waals surface area (Å²) in [5.41, 5.74) is -1.29. The number of nitrogens with zero attached hydrogens (tertiary/aromatic N) is 4. The van der Waals surface area contributed by atoms with Gasteiger partial charge in [0, 0.05) is 24.3 Å². The molecular weight excluding hydrogens is 528 g/mol. The van der Waals surface area contributed by atoms with Gasteiger partial charge in [-0.2, -0.15) is 0 Å². The Hall–Kier alpha value is -4.47. The number of nitroso groups, excluding NO2 is 1. The lowest BCUT2D eigenvalue weighted by Crippen LogP contribution is -2.59. The Bertz CT molecular complexity index is 1290. The van der Waals surface area contributed by atoms with Gasteiger partial charge in [0.1, 0.15) is 12.1 Å². The highest BCUT2D eigenvalue weighted by Crippen LogP contribution is 2.47. The molecule has 0 N–H and O–H groups in total. The molecule has 1 aliphatic heterocycles. The van der Waals surface area contributed by atoms with Crippen molar-refractivity contribution in [3.8, 4) is 0 Å². The van der Waals surface area contributed by atoms with Crippen molar-refractivity contribution in [2.45, 2.75) is 36.4 Å². The number of ether oxygens (including phenoxy) is 2. The third kappa shape index (κ3) is 5.15. The van der Waals surface area contributed by atoms with E-state index in [1.807, 2.05) is 0 Å². The standard InChI is InChI=1S/C22H22N4O11S/c1-3-36-21(27)19-17(13-7-5-9-15(11-13)25(30)31)24(23-29)18(14-8-6-10-16(12-14)26(32)33)20(38(19,34)35)22(28)37-4-2/h5-12,17-20H,3-4H2,1-2H3. The van der Waals surface area contributed by atoms with Crippen molar-refractivity contribution in [3.05, 3.63) is 84.8 Å². The number of hydrogen-bond donors (Lipinski definition) is 0. The first-order valence-corrected chi connectivity index (χ1v) is 12.8. The first kappa shape index (κ1) is 28.1. The van der Waals surface area contributed by atoms with Gasteiger partial charge in [-0.25, -0.2) is 13.4 Å². The Morgan fingerprint density at radius 3 is 1.58 bits per heavy atom. The summed E-state index contributed by atoms with van der Waals surface area (Å²) in [6.45, 7) is 2.28. The molecule has 0 aromatic heterocycles. The molecule has 16 heteroatoms. The second-order valence-corrected chi connectivity index (χ2v) is 10.2. The fourth-order valence-electron chi connectivity index (χ4n) is 4.34. The van der Waals surface area contributed by atoms with Gasteiger partial charge in [0.2, 0.25) is 0 Å². The Morgan fingerprint density at radius 1 is 0.868 bits per heavy atom. The molecule has 2 aromatic rings. The zero-order valence-corrected chi connectivity index (χ0v) is 20.8. The van der Waals surface area contributed by atoms with Crippen molar-refractivity contribution >= 4 is 33.2 Å². The lowest BCUT2D eigenvalue weighted by molar-refractivity contribution is -0.385. The number of nitro groups is 2. The zero-order valence-electron chi connectivity index (χ0n) is 20.0. The van der Waals surface area contributed by atoms with Crippen LogP contribution in [0.5, 0.6) is 0 Å². The summed E-state index contributed by atoms with van der Waals surface area (Å²) < 4.78 is 37.9. The number of esters is 2. The van der Waals surface area contributed by atoms with E-state index in [4.69, 9.17) is 9.47 Å². The van der Waals surface area contributed by atoms with Crippen molar-refractivity contribution in [3.63, 3.8) is 0 Å². The van der Waals surface area contributed by atoms with Crippen molar-refractivity contribution in [2.75, 3.05) is 13.2 Å². The average Bonchev–Trinajstić information content (AvgIpc) is 2.87. The van der Waals surface area contributed by atoms with Gasteiger partial charge in [-0.3, -0.25) is 29.8 Å². The largest absolute Gasteiger partial charge is 0.465 e. The normalized spacial score (nSPS) is 22.2. The van der Waals surface area contributed by atoms with Crippen molar-refractivity contribution in [1.29, 1.82) is 0 Å². The summed E-state index contributed by atoms with van der Waals surface area (Å²) in [5.74, 6) is -2.66. The number of carbonyl (C=O) groups is 2. The number of non-ortho nitro benzene ring substituents is 2. The highest BCUT2D eigenvalue weighted by atomic mass is 32.2. The van der Waals surface area contributed by atoms with Crippen LogP contribution in [0.4, 0.5) is 11.4 Å². The maximum absolute atomic E-state index is 14.0. The quantitative estimate of drug-likeness (QED) is 0.191. The summed E-state index contributed by atoms with van der Waals surface area (Å²) in [7, 11) is -4.94. The van der Waals surface area contributed by atoms with Crippen molar-refractivity contribution in [1.82, 2.24) is 5.01 Å². The summed E-state index contributed by atoms with van der Waals surface area (Å²) in [6.07, 6.45) is 0. The molecule has 1 aliphatic rings. The highest BCUT2D eigenvalue weighted by molar-refractivity contribution is 7.94. The molecule has 0 saturated carbocycles. The van der Waals surface area contributed by atoms with E-state index in [-0.39, 0.29) is 24.3 Å². The Balaban J connectivity index is 2.39. The van der Waals surface area contributed by atoms with E-state index in [0.717, 1.165) is 24.3 Å². The third-order valence-electron chi connectivity index (χ3n) is 5.83. The maximum Gasteiger partial charge on any atom is 0.326 e. The van der Waals surface area contributed by atoms with Crippen LogP contribution in [-0.2, 0) is 28.9 Å². The van der Waals surface area contributed by atoms with Gasteiger partial charge in [0.15, 0.2) is 20.3 Å². The molecule has 1 fully saturated rings. The molecule has 4 unspecified atom stereocenters. The van der Waals surface area contributed by atoms with E-state index >= 15 is 0 Å². The number of sulfone groups is 1. The van der Waals surface area contributed by atoms with Gasteiger partial charge < -0.3 is 9.47 Å². The van der Waals surface area contributed by atoms with Gasteiger partial charge in [0.25, 0.3) is 11.4 Å². The summed E-state index contributed by atoms with van der Waals surface area (Å²) in [5, 5.41) is 21.9. The molecule has 0 amide bonds. The molecule has 0 aliphatic carbocycles. The van der Waals surface area contributed by atoms with E-state index in [2.05, 4.69) is 5.29 Å². The van der Waals surface area contributed by atoms with E-state index in [1.165, 1.54) is 38.1 Å². The highest BCUT2D eigenvalue weighted by Gasteiger charge is 2.61. The second-order valence-electron chi connectivity index (χ2n) is 7.99. The molecule has 0 bridgehead atoms. The van der Waals surface area contributed by atoms with Crippen LogP contribution in [0.25, 0.3) is 0 Å². The molecule has 0 spiro atoms. The molecule has 2 aromatic carbocycles. The molecular formula is C22H22N4O11S. The smallest absolute Gasteiger partial charge is 0.326 e. The van der Waals surface area contributed by atoms with Crippen LogP contribution in [0.3, 0.4) is 0 Å².